The van der Waals surface area contributed by atoms with Crippen molar-refractivity contribution in [3.8, 4) is 0 Å². The van der Waals surface area contributed by atoms with E-state index in [2.05, 4.69) is 61.8 Å². The van der Waals surface area contributed by atoms with Crippen molar-refractivity contribution in [1.82, 2.24) is 19.4 Å². The Kier molecular flexibility index (Phi) is 6.79. The summed E-state index contributed by atoms with van der Waals surface area (Å²) in [6, 6.07) is 10.5. The van der Waals surface area contributed by atoms with Gasteiger partial charge in [-0.3, -0.25) is 9.80 Å². The number of ether oxygens (including phenoxy) is 1. The Balaban J connectivity index is 1.41. The summed E-state index contributed by atoms with van der Waals surface area (Å²) in [6.45, 7) is 7.94. The van der Waals surface area contributed by atoms with Crippen LogP contribution in [0.2, 0.25) is 0 Å². The highest BCUT2D eigenvalue weighted by Crippen LogP contribution is 2.08. The fourth-order valence-corrected chi connectivity index (χ4v) is 3.12. The molecule has 2 heterocycles. The van der Waals surface area contributed by atoms with Gasteiger partial charge in [0, 0.05) is 58.8 Å². The van der Waals surface area contributed by atoms with E-state index in [1.807, 2.05) is 12.4 Å². The van der Waals surface area contributed by atoms with Crippen LogP contribution in [0.15, 0.2) is 48.8 Å². The molecule has 0 N–H and O–H groups in total. The summed E-state index contributed by atoms with van der Waals surface area (Å²) in [5.74, 6) is 1.13. The van der Waals surface area contributed by atoms with E-state index in [-0.39, 0.29) is 0 Å². The van der Waals surface area contributed by atoms with Gasteiger partial charge in [-0.15, -0.1) is 0 Å². The molecule has 1 aliphatic rings. The molecule has 25 heavy (non-hydrogen) atoms. The zero-order chi connectivity index (χ0) is 17.3. The SMILES string of the molecule is COCCn1ccnc1CN1CCN(CC=Cc2ccccc2)CC1. The van der Waals surface area contributed by atoms with Gasteiger partial charge in [0.2, 0.25) is 0 Å². The van der Waals surface area contributed by atoms with E-state index in [1.165, 1.54) is 5.56 Å². The summed E-state index contributed by atoms with van der Waals surface area (Å²) < 4.78 is 7.36. The van der Waals surface area contributed by atoms with Gasteiger partial charge in [0.1, 0.15) is 5.82 Å². The molecule has 3 rings (SSSR count). The van der Waals surface area contributed by atoms with Crippen molar-refractivity contribution in [3.63, 3.8) is 0 Å². The first-order valence-corrected chi connectivity index (χ1v) is 9.00. The van der Waals surface area contributed by atoms with E-state index >= 15 is 0 Å². The summed E-state index contributed by atoms with van der Waals surface area (Å²) in [5.41, 5.74) is 1.27. The third kappa shape index (κ3) is 5.53. The Bertz CT molecular complexity index is 645. The maximum Gasteiger partial charge on any atom is 0.122 e. The molecule has 1 aromatic heterocycles. The second kappa shape index (κ2) is 9.51. The summed E-state index contributed by atoms with van der Waals surface area (Å²) in [7, 11) is 1.74. The Hall–Kier alpha value is -1.95. The van der Waals surface area contributed by atoms with Crippen molar-refractivity contribution < 1.29 is 4.74 Å². The molecule has 0 spiro atoms. The molecule has 1 aromatic carbocycles. The third-order valence-corrected chi connectivity index (χ3v) is 4.64. The van der Waals surface area contributed by atoms with Crippen molar-refractivity contribution in [2.45, 2.75) is 13.1 Å². The van der Waals surface area contributed by atoms with E-state index in [0.717, 1.165) is 58.2 Å². The monoisotopic (exact) mass is 340 g/mol. The van der Waals surface area contributed by atoms with Crippen LogP contribution in [0.3, 0.4) is 0 Å². The van der Waals surface area contributed by atoms with Crippen LogP contribution in [0, 0.1) is 0 Å². The van der Waals surface area contributed by atoms with Crippen LogP contribution in [0.1, 0.15) is 11.4 Å². The van der Waals surface area contributed by atoms with E-state index in [9.17, 15) is 0 Å². The van der Waals surface area contributed by atoms with E-state index in [1.54, 1.807) is 7.11 Å². The number of nitrogens with zero attached hydrogens (tertiary/aromatic N) is 4. The standard InChI is InChI=1S/C20H28N4O/c1-25-17-16-24-11-9-21-20(24)18-23-14-12-22(13-15-23)10-5-8-19-6-3-2-4-7-19/h2-9,11H,10,12-18H2,1H3. The summed E-state index contributed by atoms with van der Waals surface area (Å²) in [4.78, 5) is 9.50. The van der Waals surface area contributed by atoms with Gasteiger partial charge in [-0.1, -0.05) is 42.5 Å². The summed E-state index contributed by atoms with van der Waals surface area (Å²) in [5, 5.41) is 0. The second-order valence-corrected chi connectivity index (χ2v) is 6.42. The number of rotatable bonds is 8. The Morgan fingerprint density at radius 1 is 1.08 bits per heavy atom. The predicted octanol–water partition coefficient (Wildman–Crippen LogP) is 2.36. The van der Waals surface area contributed by atoms with Gasteiger partial charge >= 0.3 is 0 Å². The van der Waals surface area contributed by atoms with Crippen LogP contribution < -0.4 is 0 Å². The number of piperazine rings is 1. The first kappa shape index (κ1) is 17.9. The number of imidazole rings is 1. The first-order valence-electron chi connectivity index (χ1n) is 9.00. The first-order chi connectivity index (χ1) is 12.3. The number of methoxy groups -OCH3 is 1. The molecule has 2 aromatic rings. The fourth-order valence-electron chi connectivity index (χ4n) is 3.12. The minimum Gasteiger partial charge on any atom is -0.383 e. The van der Waals surface area contributed by atoms with Gasteiger partial charge in [-0.2, -0.15) is 0 Å². The molecule has 1 fully saturated rings. The van der Waals surface area contributed by atoms with Gasteiger partial charge in [-0.05, 0) is 5.56 Å². The lowest BCUT2D eigenvalue weighted by Gasteiger charge is -2.33. The van der Waals surface area contributed by atoms with E-state index in [0.29, 0.717) is 0 Å². The zero-order valence-corrected chi connectivity index (χ0v) is 15.1. The second-order valence-electron chi connectivity index (χ2n) is 6.42. The van der Waals surface area contributed by atoms with Crippen LogP contribution >= 0.6 is 0 Å². The van der Waals surface area contributed by atoms with Crippen LogP contribution in [0.4, 0.5) is 0 Å². The highest BCUT2D eigenvalue weighted by atomic mass is 16.5. The largest absolute Gasteiger partial charge is 0.383 e. The van der Waals surface area contributed by atoms with Crippen LogP contribution in [0.25, 0.3) is 6.08 Å². The number of hydrogen-bond acceptors (Lipinski definition) is 4. The molecular weight excluding hydrogens is 312 g/mol. The van der Waals surface area contributed by atoms with Crippen LogP contribution in [-0.4, -0.2) is 65.8 Å². The normalized spacial score (nSPS) is 16.7. The molecule has 0 amide bonds. The molecule has 134 valence electrons. The molecule has 1 saturated heterocycles. The van der Waals surface area contributed by atoms with Gasteiger partial charge in [0.15, 0.2) is 0 Å². The Labute approximate surface area is 150 Å². The van der Waals surface area contributed by atoms with Crippen molar-refractivity contribution >= 4 is 6.08 Å². The predicted molar refractivity (Wildman–Crippen MR) is 101 cm³/mol. The minimum absolute atomic E-state index is 0.727. The van der Waals surface area contributed by atoms with Gasteiger partial charge < -0.3 is 9.30 Å². The smallest absolute Gasteiger partial charge is 0.122 e. The third-order valence-electron chi connectivity index (χ3n) is 4.64. The summed E-state index contributed by atoms with van der Waals surface area (Å²) >= 11 is 0. The van der Waals surface area contributed by atoms with Crippen molar-refractivity contribution in [3.05, 3.63) is 60.2 Å². The molecule has 5 nitrogen and oxygen atoms in total. The fraction of sp³-hybridized carbons (Fsp3) is 0.450. The van der Waals surface area contributed by atoms with Crippen molar-refractivity contribution in [2.24, 2.45) is 0 Å². The lowest BCUT2D eigenvalue weighted by atomic mass is 10.2. The molecule has 0 atom stereocenters. The quantitative estimate of drug-likeness (QED) is 0.739. The summed E-state index contributed by atoms with van der Waals surface area (Å²) in [6.07, 6.45) is 8.40. The maximum atomic E-state index is 5.17. The number of aromatic nitrogens is 2. The lowest BCUT2D eigenvalue weighted by molar-refractivity contribution is 0.132. The highest BCUT2D eigenvalue weighted by Gasteiger charge is 2.17. The molecule has 5 heteroatoms. The van der Waals surface area contributed by atoms with Crippen LogP contribution in [0.5, 0.6) is 0 Å². The number of benzene rings is 1. The molecule has 0 saturated carbocycles. The van der Waals surface area contributed by atoms with Gasteiger partial charge in [0.25, 0.3) is 0 Å². The zero-order valence-electron chi connectivity index (χ0n) is 15.1. The Morgan fingerprint density at radius 3 is 2.60 bits per heavy atom. The minimum atomic E-state index is 0.727. The molecule has 0 bridgehead atoms. The lowest BCUT2D eigenvalue weighted by Crippen LogP contribution is -2.46. The molecular formula is C20H28N4O. The van der Waals surface area contributed by atoms with Crippen molar-refractivity contribution in [1.29, 1.82) is 0 Å². The molecule has 0 radical (unpaired) electrons. The average molecular weight is 340 g/mol. The molecule has 1 aliphatic heterocycles. The van der Waals surface area contributed by atoms with E-state index < -0.39 is 0 Å². The van der Waals surface area contributed by atoms with Crippen molar-refractivity contribution in [2.75, 3.05) is 46.4 Å². The number of hydrogen-bond donors (Lipinski definition) is 0. The molecule has 0 aliphatic carbocycles. The van der Waals surface area contributed by atoms with E-state index in [4.69, 9.17) is 4.74 Å². The van der Waals surface area contributed by atoms with Gasteiger partial charge in [-0.25, -0.2) is 4.98 Å². The molecule has 0 unspecified atom stereocenters. The maximum absolute atomic E-state index is 5.17. The van der Waals surface area contributed by atoms with Gasteiger partial charge in [0.05, 0.1) is 13.2 Å². The topological polar surface area (TPSA) is 33.5 Å². The Morgan fingerprint density at radius 2 is 1.84 bits per heavy atom. The average Bonchev–Trinajstić information content (AvgIpc) is 3.09. The van der Waals surface area contributed by atoms with Crippen LogP contribution in [-0.2, 0) is 17.8 Å². The highest BCUT2D eigenvalue weighted by molar-refractivity contribution is 5.48.